The van der Waals surface area contributed by atoms with Crippen molar-refractivity contribution in [3.05, 3.63) is 29.3 Å². The molecule has 1 unspecified atom stereocenters. The number of aryl methyl sites for hydroxylation is 1. The summed E-state index contributed by atoms with van der Waals surface area (Å²) < 4.78 is 0. The fourth-order valence-corrected chi connectivity index (χ4v) is 2.26. The van der Waals surface area contributed by atoms with Crippen molar-refractivity contribution in [1.82, 2.24) is 0 Å². The van der Waals surface area contributed by atoms with Crippen molar-refractivity contribution >= 4 is 12.0 Å². The zero-order valence-electron chi connectivity index (χ0n) is 9.36. The van der Waals surface area contributed by atoms with Crippen molar-refractivity contribution in [2.75, 3.05) is 19.0 Å². The van der Waals surface area contributed by atoms with E-state index in [0.29, 0.717) is 0 Å². The Bertz CT molecular complexity index is 371. The van der Waals surface area contributed by atoms with Crippen LogP contribution in [-0.4, -0.2) is 20.4 Å². The van der Waals surface area contributed by atoms with Gasteiger partial charge in [0.25, 0.3) is 0 Å². The fraction of sp³-hybridized carbons (Fsp3) is 0.462. The number of nitrogens with zero attached hydrogens (tertiary/aromatic N) is 1. The van der Waals surface area contributed by atoms with Gasteiger partial charge in [-0.25, -0.2) is 0 Å². The maximum atomic E-state index is 10.9. The van der Waals surface area contributed by atoms with Crippen molar-refractivity contribution in [2.24, 2.45) is 0 Å². The highest BCUT2D eigenvalue weighted by molar-refractivity contribution is 5.65. The Morgan fingerprint density at radius 1 is 1.40 bits per heavy atom. The molecule has 15 heavy (non-hydrogen) atoms. The minimum absolute atomic E-state index is 0.130. The first kappa shape index (κ1) is 10.2. The number of fused-ring (bicyclic) bond motifs is 1. The summed E-state index contributed by atoms with van der Waals surface area (Å²) >= 11 is 0. The highest BCUT2D eigenvalue weighted by Gasteiger charge is 2.19. The van der Waals surface area contributed by atoms with Gasteiger partial charge in [0.1, 0.15) is 6.29 Å². The van der Waals surface area contributed by atoms with Crippen LogP contribution >= 0.6 is 0 Å². The minimum Gasteiger partial charge on any atom is -0.378 e. The van der Waals surface area contributed by atoms with Gasteiger partial charge >= 0.3 is 0 Å². The number of rotatable bonds is 2. The maximum Gasteiger partial charge on any atom is 0.127 e. The molecule has 0 bridgehead atoms. The van der Waals surface area contributed by atoms with Gasteiger partial charge in [0, 0.05) is 25.7 Å². The van der Waals surface area contributed by atoms with E-state index >= 15 is 0 Å². The van der Waals surface area contributed by atoms with Crippen molar-refractivity contribution in [2.45, 2.75) is 25.2 Å². The summed E-state index contributed by atoms with van der Waals surface area (Å²) in [6.45, 7) is 0. The molecule has 0 N–H and O–H groups in total. The molecule has 0 fully saturated rings. The highest BCUT2D eigenvalue weighted by atomic mass is 16.1. The molecule has 1 aliphatic carbocycles. The zero-order chi connectivity index (χ0) is 10.8. The largest absolute Gasteiger partial charge is 0.378 e. The summed E-state index contributed by atoms with van der Waals surface area (Å²) in [6.07, 6.45) is 4.35. The molecule has 0 aliphatic heterocycles. The van der Waals surface area contributed by atoms with Crippen molar-refractivity contribution in [3.8, 4) is 0 Å². The Kier molecular flexibility index (Phi) is 2.76. The van der Waals surface area contributed by atoms with Gasteiger partial charge in [-0.15, -0.1) is 0 Å². The SMILES string of the molecule is CN(C)c1ccc2c(c1)CCCC2C=O. The number of hydrogen-bond donors (Lipinski definition) is 0. The van der Waals surface area contributed by atoms with Crippen LogP contribution in [0.3, 0.4) is 0 Å². The number of carbonyl (C=O) groups excluding carboxylic acids is 1. The molecule has 0 aromatic heterocycles. The lowest BCUT2D eigenvalue weighted by Gasteiger charge is -2.23. The molecule has 0 saturated carbocycles. The molecule has 1 aromatic carbocycles. The average molecular weight is 203 g/mol. The van der Waals surface area contributed by atoms with Gasteiger partial charge < -0.3 is 9.69 Å². The molecule has 0 spiro atoms. The standard InChI is InChI=1S/C13H17NO/c1-14(2)12-6-7-13-10(8-12)4-3-5-11(13)9-15/h6-9,11H,3-5H2,1-2H3. The summed E-state index contributed by atoms with van der Waals surface area (Å²) in [4.78, 5) is 13.0. The number of hydrogen-bond acceptors (Lipinski definition) is 2. The first-order chi connectivity index (χ1) is 7.22. The van der Waals surface area contributed by atoms with E-state index in [2.05, 4.69) is 23.1 Å². The van der Waals surface area contributed by atoms with Gasteiger partial charge in [-0.3, -0.25) is 0 Å². The summed E-state index contributed by atoms with van der Waals surface area (Å²) in [5.74, 6) is 0.130. The Morgan fingerprint density at radius 3 is 2.87 bits per heavy atom. The molecular weight excluding hydrogens is 186 g/mol. The molecule has 0 heterocycles. The van der Waals surface area contributed by atoms with Gasteiger partial charge in [0.05, 0.1) is 0 Å². The molecular formula is C13H17NO. The van der Waals surface area contributed by atoms with Gasteiger partial charge in [0.2, 0.25) is 0 Å². The Labute approximate surface area is 90.9 Å². The topological polar surface area (TPSA) is 20.3 Å². The second-order valence-electron chi connectivity index (χ2n) is 4.41. The smallest absolute Gasteiger partial charge is 0.127 e. The first-order valence-corrected chi connectivity index (χ1v) is 5.48. The van der Waals surface area contributed by atoms with Gasteiger partial charge in [-0.1, -0.05) is 6.07 Å². The van der Waals surface area contributed by atoms with E-state index in [1.165, 1.54) is 16.8 Å². The molecule has 2 rings (SSSR count). The van der Waals surface area contributed by atoms with Crippen molar-refractivity contribution in [3.63, 3.8) is 0 Å². The number of carbonyl (C=O) groups is 1. The molecule has 80 valence electrons. The molecule has 0 saturated heterocycles. The maximum absolute atomic E-state index is 10.9. The molecule has 1 aliphatic rings. The first-order valence-electron chi connectivity index (χ1n) is 5.48. The van der Waals surface area contributed by atoms with Crippen LogP contribution in [0.25, 0.3) is 0 Å². The van der Waals surface area contributed by atoms with Gasteiger partial charge in [-0.05, 0) is 42.5 Å². The van der Waals surface area contributed by atoms with Crippen LogP contribution in [0.2, 0.25) is 0 Å². The lowest BCUT2D eigenvalue weighted by Crippen LogP contribution is -2.14. The highest BCUT2D eigenvalue weighted by Crippen LogP contribution is 2.32. The van der Waals surface area contributed by atoms with E-state index in [1.54, 1.807) is 0 Å². The third kappa shape index (κ3) is 1.89. The van der Waals surface area contributed by atoms with E-state index in [9.17, 15) is 4.79 Å². The predicted molar refractivity (Wildman–Crippen MR) is 62.5 cm³/mol. The average Bonchev–Trinajstić information content (AvgIpc) is 2.27. The predicted octanol–water partition coefficient (Wildman–Crippen LogP) is 2.37. The lowest BCUT2D eigenvalue weighted by molar-refractivity contribution is -0.109. The van der Waals surface area contributed by atoms with E-state index in [-0.39, 0.29) is 5.92 Å². The van der Waals surface area contributed by atoms with Crippen LogP contribution in [0.15, 0.2) is 18.2 Å². The molecule has 1 aromatic rings. The van der Waals surface area contributed by atoms with Crippen LogP contribution in [0.1, 0.15) is 29.9 Å². The summed E-state index contributed by atoms with van der Waals surface area (Å²) in [7, 11) is 4.09. The molecule has 1 atom stereocenters. The van der Waals surface area contributed by atoms with Crippen molar-refractivity contribution in [1.29, 1.82) is 0 Å². The quantitative estimate of drug-likeness (QED) is 0.688. The Balaban J connectivity index is 2.40. The third-order valence-corrected chi connectivity index (χ3v) is 3.17. The lowest BCUT2D eigenvalue weighted by atomic mass is 9.83. The second-order valence-corrected chi connectivity index (χ2v) is 4.41. The molecule has 2 nitrogen and oxygen atoms in total. The van der Waals surface area contributed by atoms with Crippen LogP contribution in [-0.2, 0) is 11.2 Å². The van der Waals surface area contributed by atoms with E-state index < -0.39 is 0 Å². The van der Waals surface area contributed by atoms with Gasteiger partial charge in [0.15, 0.2) is 0 Å². The molecule has 2 heteroatoms. The second kappa shape index (κ2) is 4.05. The third-order valence-electron chi connectivity index (χ3n) is 3.17. The number of benzene rings is 1. The van der Waals surface area contributed by atoms with E-state index in [4.69, 9.17) is 0 Å². The molecule has 0 radical (unpaired) electrons. The monoisotopic (exact) mass is 203 g/mol. The number of aldehydes is 1. The molecule has 0 amide bonds. The van der Waals surface area contributed by atoms with Crippen LogP contribution < -0.4 is 4.90 Å². The van der Waals surface area contributed by atoms with Gasteiger partial charge in [-0.2, -0.15) is 0 Å². The van der Waals surface area contributed by atoms with Crippen LogP contribution in [0, 0.1) is 0 Å². The normalized spacial score (nSPS) is 19.5. The summed E-state index contributed by atoms with van der Waals surface area (Å²) in [5, 5.41) is 0. The van der Waals surface area contributed by atoms with E-state index in [0.717, 1.165) is 25.5 Å². The van der Waals surface area contributed by atoms with E-state index in [1.807, 2.05) is 14.1 Å². The number of anilines is 1. The van der Waals surface area contributed by atoms with Crippen LogP contribution in [0.5, 0.6) is 0 Å². The summed E-state index contributed by atoms with van der Waals surface area (Å²) in [5.41, 5.74) is 3.81. The Hall–Kier alpha value is -1.31. The Morgan fingerprint density at radius 2 is 2.20 bits per heavy atom. The fourth-order valence-electron chi connectivity index (χ4n) is 2.26. The zero-order valence-corrected chi connectivity index (χ0v) is 9.36. The minimum atomic E-state index is 0.130. The van der Waals surface area contributed by atoms with Crippen molar-refractivity contribution < 1.29 is 4.79 Å². The van der Waals surface area contributed by atoms with Crippen LogP contribution in [0.4, 0.5) is 5.69 Å². The summed E-state index contributed by atoms with van der Waals surface area (Å²) in [6, 6.07) is 6.43.